The molecule has 7 nitrogen and oxygen atoms in total. The summed E-state index contributed by atoms with van der Waals surface area (Å²) in [7, 11) is 1.70. The van der Waals surface area contributed by atoms with Gasteiger partial charge in [-0.25, -0.2) is 5.48 Å². The van der Waals surface area contributed by atoms with Crippen molar-refractivity contribution in [3.05, 3.63) is 60.4 Å². The molecule has 0 radical (unpaired) electrons. The molecule has 1 heterocycles. The summed E-state index contributed by atoms with van der Waals surface area (Å²) in [5, 5.41) is 12.1. The first-order chi connectivity index (χ1) is 14.8. The lowest BCUT2D eigenvalue weighted by molar-refractivity contribution is -0.131. The number of likely N-dealkylation sites (N-methyl/N-ethyl adjacent to an activating group) is 1. The number of nitrogens with zero attached hydrogens (tertiary/aromatic N) is 2. The van der Waals surface area contributed by atoms with Gasteiger partial charge in [-0.15, -0.1) is 0 Å². The Morgan fingerprint density at radius 2 is 1.71 bits per heavy atom. The summed E-state index contributed by atoms with van der Waals surface area (Å²) in [4.78, 5) is 32.2. The molecule has 0 spiro atoms. The van der Waals surface area contributed by atoms with Crippen LogP contribution in [0.25, 0.3) is 0 Å². The Hall–Kier alpha value is -2.77. The Morgan fingerprint density at radius 1 is 1.06 bits per heavy atom. The number of anilines is 1. The molecule has 0 aliphatic rings. The average molecular weight is 427 g/mol. The largest absolute Gasteiger partial charge is 0.344 e. The summed E-state index contributed by atoms with van der Waals surface area (Å²) in [5.74, 6) is -0.470. The number of carbonyl (C=O) groups excluding carboxylic acids is 2. The van der Waals surface area contributed by atoms with Crippen LogP contribution < -0.4 is 15.7 Å². The summed E-state index contributed by atoms with van der Waals surface area (Å²) in [6, 6.07) is 12.5. The van der Waals surface area contributed by atoms with Gasteiger partial charge in [0.25, 0.3) is 0 Å². The summed E-state index contributed by atoms with van der Waals surface area (Å²) in [5.41, 5.74) is 3.85. The lowest BCUT2D eigenvalue weighted by Crippen LogP contribution is -2.51. The van der Waals surface area contributed by atoms with Crippen LogP contribution in [0, 0.1) is 17.8 Å². The van der Waals surface area contributed by atoms with Gasteiger partial charge in [-0.2, -0.15) is 0 Å². The number of pyridine rings is 1. The standard InChI is InChI=1S/C24H34N4O3/c1-17(2)14-21(18(3)16-26-31)23(29)27-22(15-19-8-6-5-7-9-19)24(30)28(4)20-10-12-25-13-11-20/h5-13,17-18,21-22,26,31H,14-16H2,1-4H3,(H,27,29)/t18-,21-,22+/m1/s1. The summed E-state index contributed by atoms with van der Waals surface area (Å²) < 4.78 is 0. The Bertz CT molecular complexity index is 814. The van der Waals surface area contributed by atoms with Gasteiger partial charge in [0.2, 0.25) is 11.8 Å². The van der Waals surface area contributed by atoms with Gasteiger partial charge in [-0.3, -0.25) is 14.6 Å². The molecule has 168 valence electrons. The summed E-state index contributed by atoms with van der Waals surface area (Å²) >= 11 is 0. The van der Waals surface area contributed by atoms with E-state index in [0.717, 1.165) is 5.56 Å². The molecule has 2 aromatic rings. The second kappa shape index (κ2) is 12.2. The molecule has 0 saturated carbocycles. The predicted octanol–water partition coefficient (Wildman–Crippen LogP) is 3.05. The van der Waals surface area contributed by atoms with Crippen molar-refractivity contribution in [2.24, 2.45) is 17.8 Å². The van der Waals surface area contributed by atoms with E-state index < -0.39 is 6.04 Å². The van der Waals surface area contributed by atoms with Crippen molar-refractivity contribution >= 4 is 17.5 Å². The third kappa shape index (κ3) is 7.45. The molecule has 1 aromatic carbocycles. The van der Waals surface area contributed by atoms with Gasteiger partial charge >= 0.3 is 0 Å². The van der Waals surface area contributed by atoms with Crippen LogP contribution >= 0.6 is 0 Å². The van der Waals surface area contributed by atoms with Gasteiger partial charge in [0.05, 0.1) is 0 Å². The lowest BCUT2D eigenvalue weighted by Gasteiger charge is -2.29. The van der Waals surface area contributed by atoms with E-state index in [4.69, 9.17) is 5.21 Å². The molecule has 0 fully saturated rings. The number of nitrogens with one attached hydrogen (secondary N) is 2. The maximum absolute atomic E-state index is 13.4. The van der Waals surface area contributed by atoms with Crippen LogP contribution in [-0.4, -0.2) is 41.6 Å². The molecular weight excluding hydrogens is 392 g/mol. The average Bonchev–Trinajstić information content (AvgIpc) is 2.77. The quantitative estimate of drug-likeness (QED) is 0.480. The Labute approximate surface area is 184 Å². The van der Waals surface area contributed by atoms with Crippen LogP contribution in [0.1, 0.15) is 32.8 Å². The van der Waals surface area contributed by atoms with E-state index in [9.17, 15) is 9.59 Å². The minimum atomic E-state index is -0.711. The molecule has 2 rings (SSSR count). The summed E-state index contributed by atoms with van der Waals surface area (Å²) in [6.45, 7) is 6.35. The van der Waals surface area contributed by atoms with E-state index in [1.165, 1.54) is 0 Å². The number of aromatic nitrogens is 1. The van der Waals surface area contributed by atoms with Gasteiger partial charge in [-0.05, 0) is 36.0 Å². The van der Waals surface area contributed by atoms with Crippen LogP contribution in [0.5, 0.6) is 0 Å². The maximum Gasteiger partial charge on any atom is 0.249 e. The molecule has 1 aromatic heterocycles. The predicted molar refractivity (Wildman–Crippen MR) is 122 cm³/mol. The monoisotopic (exact) mass is 426 g/mol. The highest BCUT2D eigenvalue weighted by atomic mass is 16.5. The molecule has 31 heavy (non-hydrogen) atoms. The zero-order valence-corrected chi connectivity index (χ0v) is 18.8. The van der Waals surface area contributed by atoms with E-state index in [1.54, 1.807) is 36.5 Å². The second-order valence-corrected chi connectivity index (χ2v) is 8.43. The maximum atomic E-state index is 13.4. The number of benzene rings is 1. The molecule has 3 N–H and O–H groups in total. The first-order valence-electron chi connectivity index (χ1n) is 10.7. The van der Waals surface area contributed by atoms with Crippen molar-refractivity contribution in [3.63, 3.8) is 0 Å². The van der Waals surface area contributed by atoms with Crippen LogP contribution in [-0.2, 0) is 16.0 Å². The van der Waals surface area contributed by atoms with Crippen LogP contribution in [0.4, 0.5) is 5.69 Å². The van der Waals surface area contributed by atoms with Crippen molar-refractivity contribution in [1.29, 1.82) is 0 Å². The minimum absolute atomic E-state index is 0.0854. The van der Waals surface area contributed by atoms with Gasteiger partial charge in [-0.1, -0.05) is 51.1 Å². The van der Waals surface area contributed by atoms with E-state index in [2.05, 4.69) is 29.6 Å². The van der Waals surface area contributed by atoms with E-state index in [0.29, 0.717) is 31.0 Å². The van der Waals surface area contributed by atoms with Crippen molar-refractivity contribution in [2.45, 2.75) is 39.7 Å². The van der Waals surface area contributed by atoms with Crippen molar-refractivity contribution < 1.29 is 14.8 Å². The molecule has 0 saturated heterocycles. The molecule has 0 unspecified atom stereocenters. The molecule has 0 aliphatic carbocycles. The Balaban J connectivity index is 2.26. The zero-order valence-electron chi connectivity index (χ0n) is 18.8. The van der Waals surface area contributed by atoms with E-state index >= 15 is 0 Å². The highest BCUT2D eigenvalue weighted by Crippen LogP contribution is 2.22. The normalized spacial score (nSPS) is 14.0. The van der Waals surface area contributed by atoms with Crippen molar-refractivity contribution in [3.8, 4) is 0 Å². The third-order valence-electron chi connectivity index (χ3n) is 5.44. The molecular formula is C24H34N4O3. The second-order valence-electron chi connectivity index (χ2n) is 8.43. The molecule has 7 heteroatoms. The van der Waals surface area contributed by atoms with Crippen LogP contribution in [0.15, 0.2) is 54.9 Å². The van der Waals surface area contributed by atoms with Gasteiger partial charge < -0.3 is 15.4 Å². The van der Waals surface area contributed by atoms with Crippen molar-refractivity contribution in [2.75, 3.05) is 18.5 Å². The van der Waals surface area contributed by atoms with Gasteiger partial charge in [0, 0.05) is 44.0 Å². The van der Waals surface area contributed by atoms with E-state index in [-0.39, 0.29) is 23.7 Å². The Kier molecular flexibility index (Phi) is 9.62. The third-order valence-corrected chi connectivity index (χ3v) is 5.44. The van der Waals surface area contributed by atoms with Gasteiger partial charge in [0.1, 0.15) is 6.04 Å². The first-order valence-corrected chi connectivity index (χ1v) is 10.7. The number of hydroxylamine groups is 1. The zero-order chi connectivity index (χ0) is 22.8. The first kappa shape index (κ1) is 24.5. The van der Waals surface area contributed by atoms with Crippen molar-refractivity contribution in [1.82, 2.24) is 15.8 Å². The Morgan fingerprint density at radius 3 is 2.29 bits per heavy atom. The smallest absolute Gasteiger partial charge is 0.249 e. The number of carbonyl (C=O) groups is 2. The molecule has 0 aliphatic heterocycles. The fourth-order valence-corrected chi connectivity index (χ4v) is 3.65. The van der Waals surface area contributed by atoms with Gasteiger partial charge in [0.15, 0.2) is 0 Å². The van der Waals surface area contributed by atoms with Crippen LogP contribution in [0.3, 0.4) is 0 Å². The lowest BCUT2D eigenvalue weighted by atomic mass is 9.85. The minimum Gasteiger partial charge on any atom is -0.344 e. The highest BCUT2D eigenvalue weighted by Gasteiger charge is 2.31. The topological polar surface area (TPSA) is 94.6 Å². The number of hydrogen-bond donors (Lipinski definition) is 3. The number of hydrogen-bond acceptors (Lipinski definition) is 5. The molecule has 2 amide bonds. The fourth-order valence-electron chi connectivity index (χ4n) is 3.65. The highest BCUT2D eigenvalue weighted by molar-refractivity contribution is 5.99. The number of amides is 2. The summed E-state index contributed by atoms with van der Waals surface area (Å²) in [6.07, 6.45) is 4.32. The molecule has 0 bridgehead atoms. The molecule has 3 atom stereocenters. The van der Waals surface area contributed by atoms with Crippen LogP contribution in [0.2, 0.25) is 0 Å². The SMILES string of the molecule is CC(C)C[C@@H](C(=O)N[C@@H](Cc1ccccc1)C(=O)N(C)c1ccncc1)[C@H](C)CNO. The fraction of sp³-hybridized carbons (Fsp3) is 0.458. The number of rotatable bonds is 11. The van der Waals surface area contributed by atoms with E-state index in [1.807, 2.05) is 37.3 Å².